The van der Waals surface area contributed by atoms with E-state index in [1.54, 1.807) is 0 Å². The van der Waals surface area contributed by atoms with E-state index in [1.165, 1.54) is 0 Å². The van der Waals surface area contributed by atoms with Crippen LogP contribution in [0.15, 0.2) is 30.3 Å². The summed E-state index contributed by atoms with van der Waals surface area (Å²) >= 11 is 0. The summed E-state index contributed by atoms with van der Waals surface area (Å²) in [7, 11) is 0. The lowest BCUT2D eigenvalue weighted by Gasteiger charge is -2.35. The molecule has 148 valence electrons. The second-order valence-electron chi connectivity index (χ2n) is 7.88. The minimum atomic E-state index is -0.588. The van der Waals surface area contributed by atoms with Gasteiger partial charge in [0.25, 0.3) is 0 Å². The van der Waals surface area contributed by atoms with Gasteiger partial charge in [-0.15, -0.1) is 0 Å². The first-order valence-electron chi connectivity index (χ1n) is 10.1. The number of likely N-dealkylation sites (tertiary alicyclic amines) is 1. The zero-order valence-corrected chi connectivity index (χ0v) is 16.1. The van der Waals surface area contributed by atoms with Crippen LogP contribution in [0.2, 0.25) is 0 Å². The van der Waals surface area contributed by atoms with Crippen molar-refractivity contribution in [2.75, 3.05) is 6.54 Å². The summed E-state index contributed by atoms with van der Waals surface area (Å²) in [5.74, 6) is 0.287. The van der Waals surface area contributed by atoms with Crippen molar-refractivity contribution < 1.29 is 14.7 Å². The minimum absolute atomic E-state index is 0.126. The zero-order valence-electron chi connectivity index (χ0n) is 16.1. The lowest BCUT2D eigenvalue weighted by atomic mass is 9.90. The Labute approximate surface area is 161 Å². The van der Waals surface area contributed by atoms with Gasteiger partial charge in [0.15, 0.2) is 0 Å². The fourth-order valence-corrected chi connectivity index (χ4v) is 4.24. The fourth-order valence-electron chi connectivity index (χ4n) is 4.24. The van der Waals surface area contributed by atoms with Gasteiger partial charge in [-0.2, -0.15) is 0 Å². The molecule has 3 rings (SSSR count). The summed E-state index contributed by atoms with van der Waals surface area (Å²) < 4.78 is 0. The van der Waals surface area contributed by atoms with Crippen LogP contribution in [0.1, 0.15) is 63.5 Å². The molecule has 1 heterocycles. The summed E-state index contributed by atoms with van der Waals surface area (Å²) in [5.41, 5.74) is 0.862. The summed E-state index contributed by atoms with van der Waals surface area (Å²) in [4.78, 5) is 26.2. The number of hydrogen-bond acceptors (Lipinski definition) is 3. The van der Waals surface area contributed by atoms with Crippen LogP contribution in [0.25, 0.3) is 0 Å². The molecule has 1 aromatic carbocycles. The SMILES string of the molecule is CC(CC(O)c1ccccc1)NC(=O)NC1CCC(N2CCCC2=O)CC1. The number of benzene rings is 1. The molecule has 3 N–H and O–H groups in total. The number of aliphatic hydroxyl groups is 1. The zero-order chi connectivity index (χ0) is 19.2. The van der Waals surface area contributed by atoms with Gasteiger partial charge >= 0.3 is 6.03 Å². The minimum Gasteiger partial charge on any atom is -0.388 e. The van der Waals surface area contributed by atoms with Gasteiger partial charge in [-0.1, -0.05) is 30.3 Å². The Kier molecular flexibility index (Phi) is 6.72. The normalized spacial score (nSPS) is 25.1. The maximum Gasteiger partial charge on any atom is 0.315 e. The molecule has 0 spiro atoms. The number of amides is 3. The Morgan fingerprint density at radius 2 is 1.93 bits per heavy atom. The molecule has 27 heavy (non-hydrogen) atoms. The Balaban J connectivity index is 1.37. The molecule has 0 bridgehead atoms. The summed E-state index contributed by atoms with van der Waals surface area (Å²) in [5, 5.41) is 16.3. The van der Waals surface area contributed by atoms with Gasteiger partial charge in [0, 0.05) is 31.1 Å². The standard InChI is InChI=1S/C21H31N3O3/c1-15(14-19(25)16-6-3-2-4-7-16)22-21(27)23-17-9-11-18(12-10-17)24-13-5-8-20(24)26/h2-4,6-7,15,17-19,25H,5,8-14H2,1H3,(H2,22,23,27). The van der Waals surface area contributed by atoms with Crippen molar-refractivity contribution in [3.8, 4) is 0 Å². The van der Waals surface area contributed by atoms with Crippen LogP contribution in [0, 0.1) is 0 Å². The first kappa shape index (κ1) is 19.7. The molecule has 1 saturated heterocycles. The van der Waals surface area contributed by atoms with E-state index in [-0.39, 0.29) is 24.0 Å². The monoisotopic (exact) mass is 373 g/mol. The van der Waals surface area contributed by atoms with Crippen molar-refractivity contribution in [1.29, 1.82) is 0 Å². The van der Waals surface area contributed by atoms with Gasteiger partial charge in [0.1, 0.15) is 0 Å². The molecule has 2 fully saturated rings. The van der Waals surface area contributed by atoms with Crippen molar-refractivity contribution in [2.45, 2.75) is 76.1 Å². The van der Waals surface area contributed by atoms with Gasteiger partial charge in [0.2, 0.25) is 5.91 Å². The number of carbonyl (C=O) groups is 2. The summed E-state index contributed by atoms with van der Waals surface area (Å²) in [6.07, 6.45) is 5.28. The van der Waals surface area contributed by atoms with E-state index < -0.39 is 6.10 Å². The first-order valence-corrected chi connectivity index (χ1v) is 10.1. The highest BCUT2D eigenvalue weighted by molar-refractivity contribution is 5.78. The fraction of sp³-hybridized carbons (Fsp3) is 0.619. The van der Waals surface area contributed by atoms with Gasteiger partial charge in [-0.25, -0.2) is 4.79 Å². The highest BCUT2D eigenvalue weighted by atomic mass is 16.3. The molecule has 1 aliphatic carbocycles. The molecule has 2 unspecified atom stereocenters. The van der Waals surface area contributed by atoms with Gasteiger partial charge in [0.05, 0.1) is 6.10 Å². The molecule has 0 radical (unpaired) electrons. The largest absolute Gasteiger partial charge is 0.388 e. The number of hydrogen-bond donors (Lipinski definition) is 3. The number of nitrogens with one attached hydrogen (secondary N) is 2. The van der Waals surface area contributed by atoms with E-state index in [9.17, 15) is 14.7 Å². The van der Waals surface area contributed by atoms with Gasteiger partial charge in [-0.3, -0.25) is 4.79 Å². The average Bonchev–Trinajstić information content (AvgIpc) is 3.08. The molecular weight excluding hydrogens is 342 g/mol. The molecular formula is C21H31N3O3. The lowest BCUT2D eigenvalue weighted by Crippen LogP contribution is -2.49. The lowest BCUT2D eigenvalue weighted by molar-refractivity contribution is -0.130. The van der Waals surface area contributed by atoms with Crippen molar-refractivity contribution in [3.63, 3.8) is 0 Å². The van der Waals surface area contributed by atoms with Crippen LogP contribution in [0.3, 0.4) is 0 Å². The van der Waals surface area contributed by atoms with E-state index >= 15 is 0 Å². The molecule has 1 aromatic rings. The number of carbonyl (C=O) groups excluding carboxylic acids is 2. The van der Waals surface area contributed by atoms with E-state index in [4.69, 9.17) is 0 Å². The van der Waals surface area contributed by atoms with Crippen LogP contribution in [-0.4, -0.2) is 46.6 Å². The summed E-state index contributed by atoms with van der Waals surface area (Å²) in [6.45, 7) is 2.80. The maximum absolute atomic E-state index is 12.3. The molecule has 0 aromatic heterocycles. The van der Waals surface area contributed by atoms with Crippen LogP contribution in [0.5, 0.6) is 0 Å². The van der Waals surface area contributed by atoms with Crippen LogP contribution < -0.4 is 10.6 Å². The third kappa shape index (κ3) is 5.45. The van der Waals surface area contributed by atoms with Crippen molar-refractivity contribution >= 4 is 11.9 Å². The first-order chi connectivity index (χ1) is 13.0. The maximum atomic E-state index is 12.3. The predicted octanol–water partition coefficient (Wildman–Crippen LogP) is 2.73. The second kappa shape index (κ2) is 9.22. The average molecular weight is 373 g/mol. The van der Waals surface area contributed by atoms with Crippen molar-refractivity contribution in [3.05, 3.63) is 35.9 Å². The van der Waals surface area contributed by atoms with Crippen molar-refractivity contribution in [1.82, 2.24) is 15.5 Å². The Hall–Kier alpha value is -2.08. The molecule has 6 nitrogen and oxygen atoms in total. The highest BCUT2D eigenvalue weighted by Crippen LogP contribution is 2.26. The topological polar surface area (TPSA) is 81.7 Å². The molecule has 1 aliphatic heterocycles. The van der Waals surface area contributed by atoms with E-state index in [1.807, 2.05) is 42.2 Å². The molecule has 3 amide bonds. The molecule has 2 atom stereocenters. The van der Waals surface area contributed by atoms with Gasteiger partial charge in [-0.05, 0) is 51.0 Å². The molecule has 1 saturated carbocycles. The quantitative estimate of drug-likeness (QED) is 0.717. The molecule has 6 heteroatoms. The van der Waals surface area contributed by atoms with Gasteiger partial charge < -0.3 is 20.6 Å². The van der Waals surface area contributed by atoms with Crippen LogP contribution in [0.4, 0.5) is 4.79 Å². The van der Waals surface area contributed by atoms with Crippen LogP contribution in [-0.2, 0) is 4.79 Å². The Morgan fingerprint density at radius 1 is 1.22 bits per heavy atom. The number of aliphatic hydroxyl groups excluding tert-OH is 1. The van der Waals surface area contributed by atoms with E-state index in [0.717, 1.165) is 44.2 Å². The van der Waals surface area contributed by atoms with Crippen LogP contribution >= 0.6 is 0 Å². The highest BCUT2D eigenvalue weighted by Gasteiger charge is 2.31. The Morgan fingerprint density at radius 3 is 2.56 bits per heavy atom. The Bertz CT molecular complexity index is 629. The molecule has 2 aliphatic rings. The number of rotatable bonds is 6. The number of urea groups is 1. The third-order valence-corrected chi connectivity index (χ3v) is 5.72. The smallest absolute Gasteiger partial charge is 0.315 e. The second-order valence-corrected chi connectivity index (χ2v) is 7.88. The third-order valence-electron chi connectivity index (χ3n) is 5.72. The van der Waals surface area contributed by atoms with E-state index in [2.05, 4.69) is 10.6 Å². The van der Waals surface area contributed by atoms with E-state index in [0.29, 0.717) is 18.9 Å². The predicted molar refractivity (Wildman–Crippen MR) is 104 cm³/mol. The summed E-state index contributed by atoms with van der Waals surface area (Å²) in [6, 6.07) is 9.69. The number of nitrogens with zero attached hydrogens (tertiary/aromatic N) is 1. The van der Waals surface area contributed by atoms with Crippen molar-refractivity contribution in [2.24, 2.45) is 0 Å².